The monoisotopic (exact) mass is 438 g/mol. The van der Waals surface area contributed by atoms with Gasteiger partial charge in [0.15, 0.2) is 0 Å². The largest absolute Gasteiger partial charge is 0.481 e. The molecule has 0 heterocycles. The Kier molecular flexibility index (Phi) is 8.25. The van der Waals surface area contributed by atoms with Crippen LogP contribution in [0.2, 0.25) is 0 Å². The molecule has 1 unspecified atom stereocenters. The number of hydrogen-bond acceptors (Lipinski definition) is 4. The average molecular weight is 439 g/mol. The number of amides is 2. The maximum absolute atomic E-state index is 12.2. The highest BCUT2D eigenvalue weighted by atomic mass is 16.5. The second-order valence-corrected chi connectivity index (χ2v) is 8.20. The molecular weight excluding hydrogens is 408 g/mol. The van der Waals surface area contributed by atoms with E-state index in [2.05, 4.69) is 34.9 Å². The molecule has 2 aromatic carbocycles. The van der Waals surface area contributed by atoms with Gasteiger partial charge in [-0.05, 0) is 41.0 Å². The Balaban J connectivity index is 1.37. The van der Waals surface area contributed by atoms with Crippen LogP contribution in [0.1, 0.15) is 49.7 Å². The smallest absolute Gasteiger partial charge is 0.407 e. The number of carbonyl (C=O) groups is 3. The van der Waals surface area contributed by atoms with Crippen molar-refractivity contribution in [1.82, 2.24) is 10.6 Å². The van der Waals surface area contributed by atoms with E-state index in [0.717, 1.165) is 0 Å². The maximum atomic E-state index is 12.2. The van der Waals surface area contributed by atoms with Crippen LogP contribution >= 0.6 is 0 Å². The number of ether oxygens (including phenoxy) is 1. The molecule has 7 heteroatoms. The average Bonchev–Trinajstić information content (AvgIpc) is 3.09. The summed E-state index contributed by atoms with van der Waals surface area (Å²) >= 11 is 0. The van der Waals surface area contributed by atoms with Crippen molar-refractivity contribution in [3.63, 3.8) is 0 Å². The summed E-state index contributed by atoms with van der Waals surface area (Å²) in [5.74, 6) is -0.865. The molecule has 2 amide bonds. The van der Waals surface area contributed by atoms with Gasteiger partial charge in [0.2, 0.25) is 5.91 Å². The quantitative estimate of drug-likeness (QED) is 0.461. The van der Waals surface area contributed by atoms with Gasteiger partial charge in [0.1, 0.15) is 6.61 Å². The summed E-state index contributed by atoms with van der Waals surface area (Å²) in [5.41, 5.74) is 4.72. The van der Waals surface area contributed by atoms with Crippen LogP contribution < -0.4 is 10.6 Å². The van der Waals surface area contributed by atoms with Crippen LogP contribution in [0.5, 0.6) is 0 Å². The van der Waals surface area contributed by atoms with Gasteiger partial charge in [-0.1, -0.05) is 55.5 Å². The predicted octanol–water partition coefficient (Wildman–Crippen LogP) is 3.92. The van der Waals surface area contributed by atoms with Gasteiger partial charge in [0.25, 0.3) is 0 Å². The van der Waals surface area contributed by atoms with Crippen LogP contribution in [0, 0.1) is 5.92 Å². The molecule has 0 aromatic heterocycles. The molecule has 1 atom stereocenters. The lowest BCUT2D eigenvalue weighted by atomic mass is 9.98. The van der Waals surface area contributed by atoms with E-state index in [0.29, 0.717) is 32.4 Å². The lowest BCUT2D eigenvalue weighted by molar-refractivity contribution is -0.137. The van der Waals surface area contributed by atoms with E-state index in [1.807, 2.05) is 31.2 Å². The minimum atomic E-state index is -0.869. The second kappa shape index (κ2) is 11.3. The Morgan fingerprint density at radius 2 is 1.59 bits per heavy atom. The van der Waals surface area contributed by atoms with Crippen molar-refractivity contribution in [1.29, 1.82) is 0 Å². The zero-order valence-corrected chi connectivity index (χ0v) is 18.3. The molecule has 0 aliphatic heterocycles. The molecular formula is C25H30N2O5. The molecule has 0 radical (unpaired) electrons. The summed E-state index contributed by atoms with van der Waals surface area (Å²) in [6, 6.07) is 16.4. The number of carboxylic acids is 1. The van der Waals surface area contributed by atoms with Crippen molar-refractivity contribution < 1.29 is 24.2 Å². The molecule has 1 aliphatic rings. The Morgan fingerprint density at radius 1 is 0.969 bits per heavy atom. The lowest BCUT2D eigenvalue weighted by Crippen LogP contribution is -2.30. The predicted molar refractivity (Wildman–Crippen MR) is 121 cm³/mol. The lowest BCUT2D eigenvalue weighted by Gasteiger charge is -2.15. The molecule has 0 spiro atoms. The number of carboxylic acid groups (broad SMARTS) is 1. The molecule has 3 N–H and O–H groups in total. The van der Waals surface area contributed by atoms with Crippen LogP contribution in [-0.4, -0.2) is 42.8 Å². The van der Waals surface area contributed by atoms with E-state index in [4.69, 9.17) is 9.84 Å². The number of nitrogens with one attached hydrogen (secondary N) is 2. The third-order valence-corrected chi connectivity index (χ3v) is 5.67. The fourth-order valence-corrected chi connectivity index (χ4v) is 4.03. The third-order valence-electron chi connectivity index (χ3n) is 5.67. The number of benzene rings is 2. The molecule has 0 fully saturated rings. The molecule has 0 saturated heterocycles. The molecule has 0 bridgehead atoms. The number of hydrogen-bond donors (Lipinski definition) is 3. The molecule has 3 rings (SSSR count). The highest BCUT2D eigenvalue weighted by molar-refractivity contribution is 5.79. The zero-order valence-electron chi connectivity index (χ0n) is 18.3. The van der Waals surface area contributed by atoms with Gasteiger partial charge >= 0.3 is 12.1 Å². The first kappa shape index (κ1) is 23.3. The normalized spacial score (nSPS) is 13.0. The van der Waals surface area contributed by atoms with E-state index < -0.39 is 12.1 Å². The van der Waals surface area contributed by atoms with Crippen LogP contribution in [0.3, 0.4) is 0 Å². The van der Waals surface area contributed by atoms with Gasteiger partial charge in [-0.25, -0.2) is 4.79 Å². The van der Waals surface area contributed by atoms with Crippen LogP contribution in [0.25, 0.3) is 11.1 Å². The fraction of sp³-hybridized carbons (Fsp3) is 0.400. The number of fused-ring (bicyclic) bond motifs is 3. The topological polar surface area (TPSA) is 105 Å². The summed E-state index contributed by atoms with van der Waals surface area (Å²) in [5, 5.41) is 14.1. The van der Waals surface area contributed by atoms with Gasteiger partial charge in [0, 0.05) is 31.8 Å². The molecule has 170 valence electrons. The summed E-state index contributed by atoms with van der Waals surface area (Å²) < 4.78 is 5.51. The van der Waals surface area contributed by atoms with Crippen molar-refractivity contribution >= 4 is 18.0 Å². The van der Waals surface area contributed by atoms with Crippen molar-refractivity contribution in [2.45, 2.75) is 38.5 Å². The van der Waals surface area contributed by atoms with E-state index in [1.54, 1.807) is 0 Å². The molecule has 2 aromatic rings. The first-order valence-corrected chi connectivity index (χ1v) is 11.0. The molecule has 7 nitrogen and oxygen atoms in total. The molecule has 32 heavy (non-hydrogen) atoms. The number of carbonyl (C=O) groups excluding carboxylic acids is 2. The van der Waals surface area contributed by atoms with E-state index in [-0.39, 0.29) is 30.8 Å². The number of aliphatic carboxylic acids is 1. The Hall–Kier alpha value is -3.35. The van der Waals surface area contributed by atoms with E-state index in [1.165, 1.54) is 22.3 Å². The highest BCUT2D eigenvalue weighted by Crippen LogP contribution is 2.44. The van der Waals surface area contributed by atoms with Crippen LogP contribution in [0.15, 0.2) is 48.5 Å². The van der Waals surface area contributed by atoms with Gasteiger partial charge in [-0.3, -0.25) is 9.59 Å². The van der Waals surface area contributed by atoms with Crippen molar-refractivity contribution in [3.8, 4) is 11.1 Å². The first-order chi connectivity index (χ1) is 15.5. The second-order valence-electron chi connectivity index (χ2n) is 8.20. The first-order valence-electron chi connectivity index (χ1n) is 11.0. The number of rotatable bonds is 11. The summed E-state index contributed by atoms with van der Waals surface area (Å²) in [6.07, 6.45) is 0.974. The zero-order chi connectivity index (χ0) is 22.9. The van der Waals surface area contributed by atoms with Crippen molar-refractivity contribution in [2.75, 3.05) is 19.7 Å². The van der Waals surface area contributed by atoms with E-state index in [9.17, 15) is 14.4 Å². The number of alkyl carbamates (subject to hydrolysis) is 1. The van der Waals surface area contributed by atoms with Gasteiger partial charge in [-0.2, -0.15) is 0 Å². The van der Waals surface area contributed by atoms with E-state index >= 15 is 0 Å². The van der Waals surface area contributed by atoms with Crippen molar-refractivity contribution in [3.05, 3.63) is 59.7 Å². The third kappa shape index (κ3) is 6.33. The SMILES string of the molecule is CC(CCNC(=O)OCC1c2ccccc2-c2ccccc21)CC(=O)NCCCC(=O)O. The minimum Gasteiger partial charge on any atom is -0.481 e. The van der Waals surface area contributed by atoms with Crippen molar-refractivity contribution in [2.24, 2.45) is 5.92 Å². The molecule has 1 aliphatic carbocycles. The maximum Gasteiger partial charge on any atom is 0.407 e. The van der Waals surface area contributed by atoms with Gasteiger partial charge in [0.05, 0.1) is 0 Å². The summed E-state index contributed by atoms with van der Waals surface area (Å²) in [4.78, 5) is 34.5. The summed E-state index contributed by atoms with van der Waals surface area (Å²) in [7, 11) is 0. The Bertz CT molecular complexity index is 913. The van der Waals surface area contributed by atoms with Gasteiger partial charge < -0.3 is 20.5 Å². The Morgan fingerprint density at radius 3 is 2.22 bits per heavy atom. The minimum absolute atomic E-state index is 0.0249. The Labute approximate surface area is 188 Å². The fourth-order valence-electron chi connectivity index (χ4n) is 4.03. The highest BCUT2D eigenvalue weighted by Gasteiger charge is 2.28. The standard InChI is InChI=1S/C25H30N2O5/c1-17(15-23(28)26-13-6-11-24(29)30)12-14-27-25(31)32-16-22-20-9-4-2-7-18(20)19-8-3-5-10-21(19)22/h2-5,7-10,17,22H,6,11-16H2,1H3,(H,26,28)(H,27,31)(H,29,30). The summed E-state index contributed by atoms with van der Waals surface area (Å²) in [6.45, 7) is 2.99. The van der Waals surface area contributed by atoms with Crippen LogP contribution in [0.4, 0.5) is 4.79 Å². The molecule has 0 saturated carbocycles. The van der Waals surface area contributed by atoms with Crippen LogP contribution in [-0.2, 0) is 14.3 Å². The van der Waals surface area contributed by atoms with Gasteiger partial charge in [-0.15, -0.1) is 0 Å².